The summed E-state index contributed by atoms with van der Waals surface area (Å²) in [5.74, 6) is -0.922. The summed E-state index contributed by atoms with van der Waals surface area (Å²) in [5, 5.41) is 0. The van der Waals surface area contributed by atoms with Crippen molar-refractivity contribution in [3.63, 3.8) is 0 Å². The lowest BCUT2D eigenvalue weighted by Gasteiger charge is -2.24. The fourth-order valence-electron chi connectivity index (χ4n) is 2.67. The number of carbonyl (C=O) groups is 2. The van der Waals surface area contributed by atoms with Gasteiger partial charge in [0.1, 0.15) is 12.4 Å². The lowest BCUT2D eigenvalue weighted by molar-refractivity contribution is -0.155. The standard InChI is InChI=1S/C18H14O4/c1-2-12-21-16(19)18(13-8-4-3-5-9-13)14-10-6-7-11-15(14)22-17(18)20/h2-11H,1,12H2/t18-/m0/s1. The Labute approximate surface area is 128 Å². The number of carbonyl (C=O) groups excluding carboxylic acids is 2. The molecule has 1 heterocycles. The van der Waals surface area contributed by atoms with E-state index in [0.29, 0.717) is 16.9 Å². The molecule has 0 spiro atoms. The van der Waals surface area contributed by atoms with Crippen LogP contribution in [-0.4, -0.2) is 18.5 Å². The van der Waals surface area contributed by atoms with E-state index in [9.17, 15) is 9.59 Å². The van der Waals surface area contributed by atoms with Gasteiger partial charge in [0.25, 0.3) is 0 Å². The number of fused-ring (bicyclic) bond motifs is 1. The van der Waals surface area contributed by atoms with Crippen molar-refractivity contribution in [3.05, 3.63) is 78.4 Å². The average Bonchev–Trinajstić information content (AvgIpc) is 2.86. The van der Waals surface area contributed by atoms with E-state index in [2.05, 4.69) is 6.58 Å². The van der Waals surface area contributed by atoms with Crippen LogP contribution in [0, 0.1) is 0 Å². The number of hydrogen-bond acceptors (Lipinski definition) is 4. The number of hydrogen-bond donors (Lipinski definition) is 0. The van der Waals surface area contributed by atoms with Crippen molar-refractivity contribution in [1.29, 1.82) is 0 Å². The van der Waals surface area contributed by atoms with Gasteiger partial charge in [-0.2, -0.15) is 0 Å². The Hall–Kier alpha value is -2.88. The van der Waals surface area contributed by atoms with Crippen LogP contribution < -0.4 is 4.74 Å². The third-order valence-electron chi connectivity index (χ3n) is 3.65. The van der Waals surface area contributed by atoms with Crippen molar-refractivity contribution in [2.45, 2.75) is 5.41 Å². The summed E-state index contributed by atoms with van der Waals surface area (Å²) in [6, 6.07) is 15.7. The number of rotatable bonds is 4. The first-order chi connectivity index (χ1) is 10.7. The zero-order valence-corrected chi connectivity index (χ0v) is 11.8. The molecule has 2 aromatic rings. The minimum Gasteiger partial charge on any atom is -0.460 e. The lowest BCUT2D eigenvalue weighted by Crippen LogP contribution is -2.44. The molecule has 0 amide bonds. The SMILES string of the molecule is C=CCOC(=O)[C@@]1(c2ccccc2)C(=O)Oc2ccccc21. The van der Waals surface area contributed by atoms with Gasteiger partial charge < -0.3 is 9.47 Å². The third kappa shape index (κ3) is 1.92. The molecule has 3 rings (SSSR count). The lowest BCUT2D eigenvalue weighted by atomic mass is 9.75. The summed E-state index contributed by atoms with van der Waals surface area (Å²) in [6.07, 6.45) is 1.46. The smallest absolute Gasteiger partial charge is 0.338 e. The molecule has 1 aliphatic rings. The molecule has 0 saturated heterocycles. The number of benzene rings is 2. The molecule has 110 valence electrons. The number of esters is 2. The van der Waals surface area contributed by atoms with Crippen molar-refractivity contribution < 1.29 is 19.1 Å². The van der Waals surface area contributed by atoms with Gasteiger partial charge in [0.15, 0.2) is 0 Å². The largest absolute Gasteiger partial charge is 0.460 e. The maximum atomic E-state index is 12.7. The molecule has 1 aliphatic heterocycles. The highest BCUT2D eigenvalue weighted by Gasteiger charge is 2.57. The molecule has 0 N–H and O–H groups in total. The normalized spacial score (nSPS) is 19.2. The van der Waals surface area contributed by atoms with E-state index in [4.69, 9.17) is 9.47 Å². The van der Waals surface area contributed by atoms with Gasteiger partial charge in [-0.25, -0.2) is 4.79 Å². The van der Waals surface area contributed by atoms with Crippen LogP contribution in [-0.2, 0) is 19.7 Å². The Morgan fingerprint density at radius 3 is 2.55 bits per heavy atom. The second-order valence-corrected chi connectivity index (χ2v) is 4.89. The second kappa shape index (κ2) is 5.48. The van der Waals surface area contributed by atoms with E-state index in [1.54, 1.807) is 48.5 Å². The van der Waals surface area contributed by atoms with Gasteiger partial charge in [-0.3, -0.25) is 4.79 Å². The predicted octanol–water partition coefficient (Wildman–Crippen LogP) is 2.62. The summed E-state index contributed by atoms with van der Waals surface area (Å²) in [5.41, 5.74) is -0.555. The fourth-order valence-corrected chi connectivity index (χ4v) is 2.67. The average molecular weight is 294 g/mol. The highest BCUT2D eigenvalue weighted by molar-refractivity contribution is 6.13. The van der Waals surface area contributed by atoms with Gasteiger partial charge in [0.05, 0.1) is 0 Å². The molecule has 0 aliphatic carbocycles. The molecule has 0 unspecified atom stereocenters. The molecule has 0 bridgehead atoms. The summed E-state index contributed by atoms with van der Waals surface area (Å²) >= 11 is 0. The maximum Gasteiger partial charge on any atom is 0.338 e. The fraction of sp³-hybridized carbons (Fsp3) is 0.111. The van der Waals surface area contributed by atoms with E-state index in [1.807, 2.05) is 6.07 Å². The summed E-state index contributed by atoms with van der Waals surface area (Å²) in [7, 11) is 0. The third-order valence-corrected chi connectivity index (χ3v) is 3.65. The Morgan fingerprint density at radius 1 is 1.14 bits per heavy atom. The number of para-hydroxylation sites is 1. The molecular formula is C18H14O4. The molecule has 4 heteroatoms. The van der Waals surface area contributed by atoms with E-state index >= 15 is 0 Å². The Kier molecular flexibility index (Phi) is 3.51. The number of ether oxygens (including phenoxy) is 2. The quantitative estimate of drug-likeness (QED) is 0.376. The van der Waals surface area contributed by atoms with Crippen molar-refractivity contribution in [1.82, 2.24) is 0 Å². The van der Waals surface area contributed by atoms with Crippen molar-refractivity contribution in [2.75, 3.05) is 6.61 Å². The van der Waals surface area contributed by atoms with Crippen LogP contribution in [0.5, 0.6) is 5.75 Å². The van der Waals surface area contributed by atoms with E-state index in [0.717, 1.165) is 0 Å². The molecular weight excluding hydrogens is 280 g/mol. The van der Waals surface area contributed by atoms with Gasteiger partial charge in [0.2, 0.25) is 5.41 Å². The van der Waals surface area contributed by atoms with E-state index in [-0.39, 0.29) is 6.61 Å². The van der Waals surface area contributed by atoms with Crippen molar-refractivity contribution in [3.8, 4) is 5.75 Å². The molecule has 0 fully saturated rings. The minimum absolute atomic E-state index is 0.0306. The first kappa shape index (κ1) is 14.1. The molecule has 0 saturated carbocycles. The molecule has 0 aromatic heterocycles. The first-order valence-corrected chi connectivity index (χ1v) is 6.86. The molecule has 1 atom stereocenters. The van der Waals surface area contributed by atoms with Crippen LogP contribution in [0.4, 0.5) is 0 Å². The van der Waals surface area contributed by atoms with Crippen LogP contribution >= 0.6 is 0 Å². The van der Waals surface area contributed by atoms with Gasteiger partial charge in [0, 0.05) is 5.56 Å². The van der Waals surface area contributed by atoms with Crippen LogP contribution in [0.15, 0.2) is 67.3 Å². The zero-order valence-electron chi connectivity index (χ0n) is 11.8. The monoisotopic (exact) mass is 294 g/mol. The van der Waals surface area contributed by atoms with Crippen LogP contribution in [0.25, 0.3) is 0 Å². The molecule has 4 nitrogen and oxygen atoms in total. The Morgan fingerprint density at radius 2 is 1.82 bits per heavy atom. The highest BCUT2D eigenvalue weighted by atomic mass is 16.6. The van der Waals surface area contributed by atoms with Gasteiger partial charge >= 0.3 is 11.9 Å². The summed E-state index contributed by atoms with van der Waals surface area (Å²) < 4.78 is 10.5. The van der Waals surface area contributed by atoms with Crippen molar-refractivity contribution >= 4 is 11.9 Å². The van der Waals surface area contributed by atoms with Gasteiger partial charge in [-0.15, -0.1) is 0 Å². The van der Waals surface area contributed by atoms with Crippen LogP contribution in [0.3, 0.4) is 0 Å². The van der Waals surface area contributed by atoms with Gasteiger partial charge in [-0.05, 0) is 11.6 Å². The molecule has 2 aromatic carbocycles. The second-order valence-electron chi connectivity index (χ2n) is 4.89. The van der Waals surface area contributed by atoms with Crippen LogP contribution in [0.1, 0.15) is 11.1 Å². The first-order valence-electron chi connectivity index (χ1n) is 6.86. The minimum atomic E-state index is -1.58. The highest BCUT2D eigenvalue weighted by Crippen LogP contribution is 2.45. The maximum absolute atomic E-state index is 12.7. The molecule has 22 heavy (non-hydrogen) atoms. The van der Waals surface area contributed by atoms with Gasteiger partial charge in [-0.1, -0.05) is 61.2 Å². The van der Waals surface area contributed by atoms with E-state index < -0.39 is 17.4 Å². The van der Waals surface area contributed by atoms with Crippen LogP contribution in [0.2, 0.25) is 0 Å². The van der Waals surface area contributed by atoms with Crippen molar-refractivity contribution in [2.24, 2.45) is 0 Å². The predicted molar refractivity (Wildman–Crippen MR) is 80.5 cm³/mol. The Balaban J connectivity index is 2.23. The zero-order chi connectivity index (χ0) is 15.6. The summed E-state index contributed by atoms with van der Waals surface area (Å²) in [6.45, 7) is 3.56. The van der Waals surface area contributed by atoms with E-state index in [1.165, 1.54) is 6.08 Å². The molecule has 0 radical (unpaired) electrons. The summed E-state index contributed by atoms with van der Waals surface area (Å²) in [4.78, 5) is 25.3. The Bertz CT molecular complexity index is 736. The topological polar surface area (TPSA) is 52.6 Å².